The maximum Gasteiger partial charge on any atom is 0.353 e. The zero-order chi connectivity index (χ0) is 16.2. The van der Waals surface area contributed by atoms with Crippen LogP contribution in [0.4, 0.5) is 0 Å². The van der Waals surface area contributed by atoms with Gasteiger partial charge in [-0.15, -0.1) is 0 Å². The predicted octanol–water partition coefficient (Wildman–Crippen LogP) is 4.70. The van der Waals surface area contributed by atoms with Gasteiger partial charge in [-0.3, -0.25) is 0 Å². The van der Waals surface area contributed by atoms with Crippen molar-refractivity contribution in [3.05, 3.63) is 34.9 Å². The molecule has 0 saturated carbocycles. The molecule has 1 N–H and O–H groups in total. The number of oxime groups is 1. The second kappa shape index (κ2) is 11.1. The number of nitrogens with zero attached hydrogens (tertiary/aromatic N) is 1. The lowest BCUT2D eigenvalue weighted by atomic mass is 10.1. The highest BCUT2D eigenvalue weighted by Crippen LogP contribution is 2.12. The SMILES string of the molecule is CCCCCCC(=NOCCCc1cccc(Cl)c1)C(=O)O. The van der Waals surface area contributed by atoms with Gasteiger partial charge >= 0.3 is 5.97 Å². The summed E-state index contributed by atoms with van der Waals surface area (Å²) >= 11 is 5.91. The molecule has 1 aromatic carbocycles. The summed E-state index contributed by atoms with van der Waals surface area (Å²) in [6.07, 6.45) is 6.17. The highest BCUT2D eigenvalue weighted by atomic mass is 35.5. The fourth-order valence-electron chi connectivity index (χ4n) is 2.07. The minimum atomic E-state index is -0.994. The van der Waals surface area contributed by atoms with Crippen LogP contribution in [-0.4, -0.2) is 23.4 Å². The molecule has 0 aliphatic carbocycles. The van der Waals surface area contributed by atoms with Crippen LogP contribution in [0.1, 0.15) is 51.0 Å². The van der Waals surface area contributed by atoms with E-state index in [-0.39, 0.29) is 5.71 Å². The molecule has 1 aromatic rings. The molecule has 4 nitrogen and oxygen atoms in total. The van der Waals surface area contributed by atoms with Gasteiger partial charge in [-0.05, 0) is 37.0 Å². The Morgan fingerprint density at radius 3 is 2.77 bits per heavy atom. The lowest BCUT2D eigenvalue weighted by molar-refractivity contribution is -0.129. The van der Waals surface area contributed by atoms with Gasteiger partial charge in [0.25, 0.3) is 0 Å². The molecule has 0 bridgehead atoms. The first-order valence-corrected chi connectivity index (χ1v) is 8.18. The first-order chi connectivity index (χ1) is 10.6. The van der Waals surface area contributed by atoms with Gasteiger partial charge in [0.05, 0.1) is 0 Å². The third-order valence-electron chi connectivity index (χ3n) is 3.28. The van der Waals surface area contributed by atoms with Crippen molar-refractivity contribution in [1.29, 1.82) is 0 Å². The Kier molecular flexibility index (Phi) is 9.31. The summed E-state index contributed by atoms with van der Waals surface area (Å²) in [7, 11) is 0. The van der Waals surface area contributed by atoms with Crippen LogP contribution in [0, 0.1) is 0 Å². The fourth-order valence-corrected chi connectivity index (χ4v) is 2.28. The molecular weight excluding hydrogens is 302 g/mol. The molecule has 5 heteroatoms. The van der Waals surface area contributed by atoms with Gasteiger partial charge in [-0.25, -0.2) is 4.79 Å². The van der Waals surface area contributed by atoms with Crippen molar-refractivity contribution >= 4 is 23.3 Å². The van der Waals surface area contributed by atoms with Crippen molar-refractivity contribution in [2.75, 3.05) is 6.61 Å². The summed E-state index contributed by atoms with van der Waals surface area (Å²) in [6.45, 7) is 2.52. The third-order valence-corrected chi connectivity index (χ3v) is 3.51. The van der Waals surface area contributed by atoms with Crippen molar-refractivity contribution in [3.63, 3.8) is 0 Å². The van der Waals surface area contributed by atoms with Gasteiger partial charge in [0.1, 0.15) is 6.61 Å². The van der Waals surface area contributed by atoms with E-state index in [1.807, 2.05) is 24.3 Å². The van der Waals surface area contributed by atoms with Gasteiger partial charge in [-0.2, -0.15) is 0 Å². The number of carbonyl (C=O) groups is 1. The van der Waals surface area contributed by atoms with Crippen LogP contribution in [0.25, 0.3) is 0 Å². The summed E-state index contributed by atoms with van der Waals surface area (Å²) in [4.78, 5) is 16.2. The van der Waals surface area contributed by atoms with Crippen LogP contribution in [0.5, 0.6) is 0 Å². The molecule has 0 unspecified atom stereocenters. The van der Waals surface area contributed by atoms with Gasteiger partial charge in [0.15, 0.2) is 5.71 Å². The molecule has 0 amide bonds. The van der Waals surface area contributed by atoms with E-state index in [4.69, 9.17) is 21.5 Å². The number of aryl methyl sites for hydroxylation is 1. The minimum absolute atomic E-state index is 0.110. The number of rotatable bonds is 11. The van der Waals surface area contributed by atoms with Crippen LogP contribution in [0.3, 0.4) is 0 Å². The Bertz CT molecular complexity index is 489. The monoisotopic (exact) mass is 325 g/mol. The van der Waals surface area contributed by atoms with Gasteiger partial charge in [0.2, 0.25) is 0 Å². The molecular formula is C17H24ClNO3. The zero-order valence-electron chi connectivity index (χ0n) is 13.1. The Labute approximate surface area is 137 Å². The first kappa shape index (κ1) is 18.5. The number of carboxylic acids is 1. The van der Waals surface area contributed by atoms with E-state index in [0.29, 0.717) is 13.0 Å². The number of hydrogen-bond acceptors (Lipinski definition) is 3. The highest BCUT2D eigenvalue weighted by Gasteiger charge is 2.09. The van der Waals surface area contributed by atoms with Crippen LogP contribution >= 0.6 is 11.6 Å². The zero-order valence-corrected chi connectivity index (χ0v) is 13.8. The van der Waals surface area contributed by atoms with Crippen LogP contribution in [-0.2, 0) is 16.1 Å². The van der Waals surface area contributed by atoms with Crippen LogP contribution in [0.15, 0.2) is 29.4 Å². The highest BCUT2D eigenvalue weighted by molar-refractivity contribution is 6.35. The number of halogens is 1. The molecule has 0 saturated heterocycles. The Hall–Kier alpha value is -1.55. The van der Waals surface area contributed by atoms with Crippen molar-refractivity contribution in [3.8, 4) is 0 Å². The topological polar surface area (TPSA) is 58.9 Å². The molecule has 0 radical (unpaired) electrons. The summed E-state index contributed by atoms with van der Waals surface area (Å²) in [5, 5.41) is 13.5. The largest absolute Gasteiger partial charge is 0.477 e. The number of unbranched alkanes of at least 4 members (excludes halogenated alkanes) is 3. The Balaban J connectivity index is 2.27. The minimum Gasteiger partial charge on any atom is -0.477 e. The second-order valence-electron chi connectivity index (χ2n) is 5.22. The number of carboxylic acid groups (broad SMARTS) is 1. The summed E-state index contributed by atoms with van der Waals surface area (Å²) < 4.78 is 0. The van der Waals surface area contributed by atoms with Crippen LogP contribution in [0.2, 0.25) is 5.02 Å². The maximum atomic E-state index is 11.1. The van der Waals surface area contributed by atoms with Crippen molar-refractivity contribution in [2.45, 2.75) is 51.9 Å². The average Bonchev–Trinajstić information content (AvgIpc) is 2.49. The average molecular weight is 326 g/mol. The number of aliphatic carboxylic acids is 1. The maximum absolute atomic E-state index is 11.1. The van der Waals surface area contributed by atoms with Gasteiger partial charge in [0, 0.05) is 11.4 Å². The van der Waals surface area contributed by atoms with Crippen molar-refractivity contribution in [2.24, 2.45) is 5.16 Å². The van der Waals surface area contributed by atoms with E-state index < -0.39 is 5.97 Å². The molecule has 22 heavy (non-hydrogen) atoms. The first-order valence-electron chi connectivity index (χ1n) is 7.80. The van der Waals surface area contributed by atoms with Gasteiger partial charge < -0.3 is 9.94 Å². The second-order valence-corrected chi connectivity index (χ2v) is 5.66. The van der Waals surface area contributed by atoms with E-state index in [9.17, 15) is 4.79 Å². The standard InChI is InChI=1S/C17H24ClNO3/c1-2-3-4-5-11-16(17(20)21)19-22-12-7-9-14-8-6-10-15(18)13-14/h6,8,10,13H,2-5,7,9,11-12H2,1H3,(H,20,21). The molecule has 1 rings (SSSR count). The van der Waals surface area contributed by atoms with Crippen molar-refractivity contribution in [1.82, 2.24) is 0 Å². The molecule has 122 valence electrons. The Morgan fingerprint density at radius 1 is 1.27 bits per heavy atom. The number of benzene rings is 1. The normalized spacial score (nSPS) is 11.5. The van der Waals surface area contributed by atoms with E-state index in [1.165, 1.54) is 0 Å². The van der Waals surface area contributed by atoms with E-state index in [0.717, 1.165) is 49.1 Å². The summed E-state index contributed by atoms with van der Waals surface area (Å²) in [6, 6.07) is 7.67. The van der Waals surface area contributed by atoms with Gasteiger partial charge in [-0.1, -0.05) is 55.1 Å². The molecule has 0 aliphatic heterocycles. The van der Waals surface area contributed by atoms with E-state index in [1.54, 1.807) is 0 Å². The van der Waals surface area contributed by atoms with Crippen molar-refractivity contribution < 1.29 is 14.7 Å². The van der Waals surface area contributed by atoms with Crippen LogP contribution < -0.4 is 0 Å². The van der Waals surface area contributed by atoms with E-state index in [2.05, 4.69) is 12.1 Å². The summed E-state index contributed by atoms with van der Waals surface area (Å²) in [5.41, 5.74) is 1.25. The summed E-state index contributed by atoms with van der Waals surface area (Å²) in [5.74, 6) is -0.994. The molecule has 0 aromatic heterocycles. The quantitative estimate of drug-likeness (QED) is 0.364. The number of hydrogen-bond donors (Lipinski definition) is 1. The smallest absolute Gasteiger partial charge is 0.353 e. The molecule has 0 spiro atoms. The molecule has 0 fully saturated rings. The molecule has 0 atom stereocenters. The fraction of sp³-hybridized carbons (Fsp3) is 0.529. The molecule has 0 aliphatic rings. The lowest BCUT2D eigenvalue weighted by Gasteiger charge is -2.04. The predicted molar refractivity (Wildman–Crippen MR) is 89.6 cm³/mol. The van der Waals surface area contributed by atoms with E-state index >= 15 is 0 Å². The Morgan fingerprint density at radius 2 is 2.09 bits per heavy atom. The molecule has 0 heterocycles. The third kappa shape index (κ3) is 8.03. The lowest BCUT2D eigenvalue weighted by Crippen LogP contribution is -2.13.